The molecule has 0 unspecified atom stereocenters. The first-order chi connectivity index (χ1) is 65.6. The number of amides is 9. The molecule has 32 heteroatoms. The van der Waals surface area contributed by atoms with Gasteiger partial charge in [0.25, 0.3) is 29.5 Å². The van der Waals surface area contributed by atoms with Crippen molar-refractivity contribution in [1.82, 2.24) is 24.5 Å². The van der Waals surface area contributed by atoms with Crippen LogP contribution in [0.25, 0.3) is 0 Å². The molecule has 0 spiro atoms. The van der Waals surface area contributed by atoms with Gasteiger partial charge in [-0.05, 0) is 294 Å². The van der Waals surface area contributed by atoms with Crippen molar-refractivity contribution >= 4 is 107 Å². The average Bonchev–Trinajstić information content (AvgIpc) is 1.66. The Morgan fingerprint density at radius 1 is 0.426 bits per heavy atom. The van der Waals surface area contributed by atoms with E-state index in [1.54, 1.807) is 81.6 Å². The third kappa shape index (κ3) is 27.6. The largest absolute Gasteiger partial charge is 0.496 e. The second-order valence-corrected chi connectivity index (χ2v) is 56.7. The Labute approximate surface area is 838 Å². The highest BCUT2D eigenvalue weighted by molar-refractivity contribution is 6.75. The number of benzene rings is 5. The van der Waals surface area contributed by atoms with E-state index in [2.05, 4.69) is 139 Å². The molecule has 6 N–H and O–H groups in total. The Hall–Kier alpha value is -11.8. The SMILES string of the molecule is C=CCOC(=O)N1c2cc(C)c(C)cc2C(=O)N2C=C(C)C[C@H]2[C@@H]1O.C=CCOC(=O)N1c2cc(C)c(C)cc2C(=O)N2C=C(C)C[C@H]2[C@@H]1O[Si](C)(C)C(C)(C)C.C=CCOC(=O)Nc1cc(C)c(C)cc1C(=O)N1C=C(C)C[C@H]1CO.C=CCOC(=O)Nc1cc(C)c(C)cc1C(=O)N1C=C(C)C[C@H]1CO[Si](C)(C)C(C)(C)C.COc1cc(C(=O)N2C=C(C)C[C@H]2CO[Si](C)(C)C(C)(C)C)c(N)cc1C. The van der Waals surface area contributed by atoms with Gasteiger partial charge in [-0.2, -0.15) is 0 Å². The standard InChI is InChI=1S/C25H36N2O4Si.C25H38N2O4Si.C21H34N2O3Si.C19H22N2O4.C19H24N2O4/c1-10-11-30-24(29)27-20-14-18(4)17(3)13-19(20)22(28)26-15-16(2)12-21(26)23(27)31-32(8,9)25(5,6)7;1-10-11-30-24(29)26-22-14-19(4)18(3)13-21(22)23(28)27-15-17(2)12-20(27)16-31-32(8,9)25(5,6)7;1-14-9-16(13-26-27(7,8)21(3,4)5)23(12-14)20(24)17-11-19(25-6)15(2)10-18(17)22;1-5-6-25-19(24)21-15-9-13(4)12(3)8-14(15)17(22)20-10-11(2)7-16(20)18(21)23;1-5-6-25-19(24)20-17-9-14(4)13(3)8-16(17)18(23)21-10-12(2)7-15(21)11-22/h10,13-15,21,23H,1,11-12H2,2-9H3;10,13-15,20H,1,11-12,16H2,2-9H3,(H,26,29);10-12,16H,9,13,22H2,1-8H3;5,8-10,16,18,23H,1,6-7H2,2-4H3;5,8-10,15,22H,1,6-7,11H2,2-4H3,(H,20,24)/t21-,23-;20-;16-;16-,18-;15-/m00000/s1. The fourth-order valence-electron chi connectivity index (χ4n) is 16.2. The zero-order chi connectivity index (χ0) is 106. The summed E-state index contributed by atoms with van der Waals surface area (Å²) < 4.78 is 45.7. The predicted octanol–water partition coefficient (Wildman–Crippen LogP) is 22.8. The molecule has 0 radical (unpaired) electrons. The Kier molecular flexibility index (Phi) is 38.5. The summed E-state index contributed by atoms with van der Waals surface area (Å²) in [4.78, 5) is 128. The van der Waals surface area contributed by atoms with Gasteiger partial charge in [0.15, 0.2) is 37.4 Å². The Morgan fingerprint density at radius 3 is 1.15 bits per heavy atom. The van der Waals surface area contributed by atoms with E-state index in [4.69, 9.17) is 42.7 Å². The second kappa shape index (κ2) is 47.4. The number of aliphatic hydroxyl groups excluding tert-OH is 2. The van der Waals surface area contributed by atoms with E-state index in [9.17, 15) is 53.4 Å². The lowest BCUT2D eigenvalue weighted by molar-refractivity contribution is 0.0556. The molecule has 0 saturated carbocycles. The number of rotatable bonds is 23. The highest BCUT2D eigenvalue weighted by atomic mass is 28.4. The van der Waals surface area contributed by atoms with E-state index in [1.807, 2.05) is 140 Å². The van der Waals surface area contributed by atoms with Gasteiger partial charge in [0.2, 0.25) is 0 Å². The van der Waals surface area contributed by atoms with Gasteiger partial charge in [-0.25, -0.2) is 29.0 Å². The molecule has 7 heterocycles. The molecule has 5 aromatic carbocycles. The molecule has 0 bridgehead atoms. The number of methoxy groups -OCH3 is 1. The van der Waals surface area contributed by atoms with Crippen LogP contribution in [-0.4, -0.2) is 210 Å². The van der Waals surface area contributed by atoms with Gasteiger partial charge in [0.1, 0.15) is 32.2 Å². The summed E-state index contributed by atoms with van der Waals surface area (Å²) in [6.45, 7) is 75.7. The van der Waals surface area contributed by atoms with Gasteiger partial charge in [-0.3, -0.25) is 34.6 Å². The number of hydrogen-bond acceptors (Lipinski definition) is 20. The number of carbonyl (C=O) groups is 9. The maximum absolute atomic E-state index is 13.7. The monoisotopic (exact) mass is 1990 g/mol. The van der Waals surface area contributed by atoms with E-state index in [0.29, 0.717) is 94.5 Å². The normalized spacial score (nSPS) is 18.8. The number of aliphatic hydroxyl groups is 2. The van der Waals surface area contributed by atoms with E-state index in [0.717, 1.165) is 85.2 Å². The van der Waals surface area contributed by atoms with Crippen molar-refractivity contribution < 1.29 is 90.3 Å². The molecule has 29 nitrogen and oxygen atoms in total. The van der Waals surface area contributed by atoms with Gasteiger partial charge in [-0.1, -0.05) is 141 Å². The van der Waals surface area contributed by atoms with Gasteiger partial charge in [0.05, 0.1) is 108 Å². The van der Waals surface area contributed by atoms with E-state index < -0.39 is 67.8 Å². The maximum atomic E-state index is 13.7. The number of nitrogens with two attached hydrogens (primary N) is 1. The molecule has 0 saturated heterocycles. The molecule has 5 aromatic rings. The van der Waals surface area contributed by atoms with Crippen LogP contribution in [0.4, 0.5) is 47.6 Å². The number of nitrogen functional groups attached to an aromatic ring is 1. The van der Waals surface area contributed by atoms with Crippen LogP contribution in [0.1, 0.15) is 231 Å². The topological polar surface area (TPSA) is 341 Å². The number of nitrogens with one attached hydrogen (secondary N) is 2. The van der Waals surface area contributed by atoms with E-state index in [1.165, 1.54) is 38.5 Å². The zero-order valence-electron chi connectivity index (χ0n) is 88.9. The maximum Gasteiger partial charge on any atom is 0.416 e. The lowest BCUT2D eigenvalue weighted by atomic mass is 10.0. The summed E-state index contributed by atoms with van der Waals surface area (Å²) in [5, 5.41) is 25.9. The van der Waals surface area contributed by atoms with Crippen LogP contribution < -0.4 is 30.9 Å². The first kappa shape index (κ1) is 115. The van der Waals surface area contributed by atoms with Crippen LogP contribution in [0.3, 0.4) is 0 Å². The predicted molar refractivity (Wildman–Crippen MR) is 567 cm³/mol. The molecule has 9 amide bonds. The van der Waals surface area contributed by atoms with Gasteiger partial charge >= 0.3 is 24.4 Å². The van der Waals surface area contributed by atoms with Crippen molar-refractivity contribution in [1.29, 1.82) is 0 Å². The van der Waals surface area contributed by atoms with Crippen molar-refractivity contribution in [3.63, 3.8) is 0 Å². The Bertz CT molecular complexity index is 5750. The quantitative estimate of drug-likeness (QED) is 0.0175. The molecule has 0 aromatic heterocycles. The van der Waals surface area contributed by atoms with Crippen LogP contribution in [0.2, 0.25) is 54.4 Å². The third-order valence-corrected chi connectivity index (χ3v) is 41.5. The summed E-state index contributed by atoms with van der Waals surface area (Å²) in [5.41, 5.74) is 24.5. The Balaban J connectivity index is 0.000000217. The van der Waals surface area contributed by atoms with Crippen LogP contribution in [0.5, 0.6) is 5.75 Å². The summed E-state index contributed by atoms with van der Waals surface area (Å²) >= 11 is 0. The highest BCUT2D eigenvalue weighted by Gasteiger charge is 2.52. The highest BCUT2D eigenvalue weighted by Crippen LogP contribution is 2.47. The first-order valence-corrected chi connectivity index (χ1v) is 56.7. The molecule has 12 rings (SSSR count). The number of fused-ring (bicyclic) bond motifs is 4. The zero-order valence-corrected chi connectivity index (χ0v) is 91.9. The van der Waals surface area contributed by atoms with Gasteiger partial charge in [0, 0.05) is 36.7 Å². The lowest BCUT2D eigenvalue weighted by Gasteiger charge is -2.44. The smallest absolute Gasteiger partial charge is 0.416 e. The van der Waals surface area contributed by atoms with Crippen LogP contribution in [-0.2, 0) is 32.2 Å². The minimum absolute atomic E-state index is 0.00155. The average molecular weight is 1990 g/mol. The number of hydrogen-bond donors (Lipinski definition) is 5. The second-order valence-electron chi connectivity index (χ2n) is 42.3. The van der Waals surface area contributed by atoms with Gasteiger partial charge < -0.3 is 77.4 Å². The number of nitrogens with zero attached hydrogens (tertiary/aromatic N) is 7. The Morgan fingerprint density at radius 2 is 0.759 bits per heavy atom. The number of carbonyl (C=O) groups excluding carboxylic acids is 9. The summed E-state index contributed by atoms with van der Waals surface area (Å²) in [6.07, 6.45) is 14.2. The fraction of sp³-hybridized carbons (Fsp3) is 0.477. The van der Waals surface area contributed by atoms with E-state index >= 15 is 0 Å². The number of aryl methyl sites for hydroxylation is 9. The molecule has 0 fully saturated rings. The van der Waals surface area contributed by atoms with Crippen molar-refractivity contribution in [2.24, 2.45) is 0 Å². The first-order valence-electron chi connectivity index (χ1n) is 48.0. The summed E-state index contributed by atoms with van der Waals surface area (Å²) in [7, 11) is -4.53. The molecule has 7 aliphatic rings. The summed E-state index contributed by atoms with van der Waals surface area (Å²) in [5.74, 6) is -0.204. The van der Waals surface area contributed by atoms with Crippen molar-refractivity contribution in [3.05, 3.63) is 248 Å². The van der Waals surface area contributed by atoms with E-state index in [-0.39, 0.29) is 102 Å². The van der Waals surface area contributed by atoms with Crippen molar-refractivity contribution in [3.8, 4) is 5.75 Å². The molecular weight excluding hydrogens is 1840 g/mol. The van der Waals surface area contributed by atoms with Crippen molar-refractivity contribution in [2.45, 2.75) is 288 Å². The summed E-state index contributed by atoms with van der Waals surface area (Å²) in [6, 6.07) is 16.7. The molecule has 141 heavy (non-hydrogen) atoms. The molecule has 766 valence electrons. The van der Waals surface area contributed by atoms with Crippen LogP contribution in [0, 0.1) is 62.3 Å². The minimum atomic E-state index is -2.31. The van der Waals surface area contributed by atoms with Crippen molar-refractivity contribution in [2.75, 3.05) is 79.5 Å². The van der Waals surface area contributed by atoms with Crippen LogP contribution >= 0.6 is 0 Å². The van der Waals surface area contributed by atoms with Crippen LogP contribution in [0.15, 0.2) is 170 Å². The molecular formula is C109H154N10O19Si3. The third-order valence-electron chi connectivity index (χ3n) is 28.0. The lowest BCUT2D eigenvalue weighted by Crippen LogP contribution is -2.57. The fourth-order valence-corrected chi connectivity index (χ4v) is 19.5. The number of ether oxygens (including phenoxy) is 5. The minimum Gasteiger partial charge on any atom is -0.496 e. The molecule has 7 aliphatic heterocycles. The molecule has 0 aliphatic carbocycles. The number of anilines is 5. The molecule has 7 atom stereocenters. The van der Waals surface area contributed by atoms with Gasteiger partial charge in [-0.15, -0.1) is 0 Å².